The molecule has 0 atom stereocenters. The van der Waals surface area contributed by atoms with E-state index in [1.807, 2.05) is 30.0 Å². The number of anilines is 6. The average Bonchev–Trinajstić information content (AvgIpc) is 4.11. The number of piperidine rings is 1. The fraction of sp³-hybridized carbons (Fsp3) is 0.377. The highest BCUT2D eigenvalue weighted by Crippen LogP contribution is 2.43. The number of carbonyl (C=O) groups excluding carboxylic acids is 3. The second kappa shape index (κ2) is 22.0. The topological polar surface area (TPSA) is 232 Å². The normalized spacial score (nSPS) is 15.7. The van der Waals surface area contributed by atoms with Gasteiger partial charge in [-0.05, 0) is 79.3 Å². The van der Waals surface area contributed by atoms with Crippen LogP contribution in [0.1, 0.15) is 71.6 Å². The highest BCUT2D eigenvalue weighted by molar-refractivity contribution is 7.92. The van der Waals surface area contributed by atoms with E-state index in [-0.39, 0.29) is 69.3 Å². The zero-order valence-corrected chi connectivity index (χ0v) is 44.4. The first kappa shape index (κ1) is 55.6. The Morgan fingerprint density at radius 2 is 1.53 bits per heavy atom. The van der Waals surface area contributed by atoms with E-state index in [0.717, 1.165) is 32.4 Å². The molecule has 3 amide bonds. The lowest BCUT2D eigenvalue weighted by molar-refractivity contribution is -0.278. The molecule has 3 aliphatic heterocycles. The summed E-state index contributed by atoms with van der Waals surface area (Å²) in [6.07, 6.45) is -2.24. The highest BCUT2D eigenvalue weighted by atomic mass is 32.2. The molecule has 2 fully saturated rings. The largest absolute Gasteiger partial charge is 0.508 e. The Kier molecular flexibility index (Phi) is 15.5. The van der Waals surface area contributed by atoms with Crippen molar-refractivity contribution in [3.8, 4) is 34.3 Å². The van der Waals surface area contributed by atoms with Gasteiger partial charge in [-0.2, -0.15) is 26.9 Å². The predicted octanol–water partition coefficient (Wildman–Crippen LogP) is 7.58. The first-order valence-electron chi connectivity index (χ1n) is 25.3. The fourth-order valence-corrected chi connectivity index (χ4v) is 10.8. The molecule has 0 spiro atoms. The average molecular weight is 1120 g/mol. The Labute approximate surface area is 451 Å². The number of benzene rings is 4. The maximum absolute atomic E-state index is 13.9. The third-order valence-corrected chi connectivity index (χ3v) is 15.1. The number of amides is 3. The second-order valence-corrected chi connectivity index (χ2v) is 21.6. The number of ether oxygens (including phenoxy) is 1. The van der Waals surface area contributed by atoms with Crippen LogP contribution in [0.2, 0.25) is 0 Å². The number of sulfonamides is 1. The Morgan fingerprint density at radius 1 is 0.848 bits per heavy atom. The van der Waals surface area contributed by atoms with Crippen LogP contribution in [0.3, 0.4) is 0 Å². The molecule has 5 heterocycles. The molecule has 26 heteroatoms. The molecule has 79 heavy (non-hydrogen) atoms. The molecule has 2 aromatic heterocycles. The SMILES string of the molecule is CCOc1cc(N2CCC(C(=O)N3CCN(Cc4ccc(-n5c(C(=O)NCC(F)(F)C(F)(F)F)nnc5-c5cc(C(C)C)c(O)cc5O)cc4)CC3)CC2)ccc1Nc1ncc2c(n1)N(S(C)(=O)=O)c1ccccc1C(=O)N2C. The van der Waals surface area contributed by atoms with Crippen molar-refractivity contribution in [2.45, 2.75) is 58.2 Å². The van der Waals surface area contributed by atoms with Crippen LogP contribution in [0.5, 0.6) is 17.2 Å². The monoisotopic (exact) mass is 1120 g/mol. The van der Waals surface area contributed by atoms with Crippen molar-refractivity contribution in [1.82, 2.24) is 39.8 Å². The fourth-order valence-electron chi connectivity index (χ4n) is 9.82. The van der Waals surface area contributed by atoms with E-state index in [2.05, 4.69) is 35.3 Å². The van der Waals surface area contributed by atoms with Crippen molar-refractivity contribution < 1.29 is 59.7 Å². The molecule has 0 radical (unpaired) electrons. The van der Waals surface area contributed by atoms with Crippen molar-refractivity contribution in [2.24, 2.45) is 5.92 Å². The van der Waals surface area contributed by atoms with Gasteiger partial charge in [0, 0.05) is 82.3 Å². The molecule has 0 unspecified atom stereocenters. The van der Waals surface area contributed by atoms with Gasteiger partial charge < -0.3 is 40.3 Å². The summed E-state index contributed by atoms with van der Waals surface area (Å²) in [5.74, 6) is -8.26. The third kappa shape index (κ3) is 11.4. The third-order valence-electron chi connectivity index (χ3n) is 14.1. The van der Waals surface area contributed by atoms with Crippen LogP contribution in [0.25, 0.3) is 17.1 Å². The zero-order valence-electron chi connectivity index (χ0n) is 43.6. The lowest BCUT2D eigenvalue weighted by atomic mass is 9.94. The maximum Gasteiger partial charge on any atom is 0.455 e. The quantitative estimate of drug-likeness (QED) is 0.0726. The standard InChI is InChI=1S/C53H57F5N12O8S/c1-6-78-44-25-35(15-16-39(44)61-51-59-28-41-46(62-51)70(79(5,76)77)40-10-8-7-9-36(40)50(75)65(41)4)67-19-17-33(18-20-67)49(74)68-23-21-66(22-24-68)29-32-11-13-34(14-12-32)69-45(38-26-37(31(2)3)42(71)27-43(38)72)63-64-47(69)48(73)60-30-52(54,55)53(56,57)58/h7-16,25-28,31,33,71-72H,6,17-24,29-30H2,1-5H3,(H,60,73)(H,59,61,62). The summed E-state index contributed by atoms with van der Waals surface area (Å²) < 4.78 is 101. The number of aromatic nitrogens is 5. The van der Waals surface area contributed by atoms with Gasteiger partial charge >= 0.3 is 12.1 Å². The van der Waals surface area contributed by atoms with Crippen molar-refractivity contribution >= 4 is 62.3 Å². The number of nitrogens with zero attached hydrogens (tertiary/aromatic N) is 10. The molecular weight excluding hydrogens is 1060 g/mol. The molecule has 4 N–H and O–H groups in total. The smallest absolute Gasteiger partial charge is 0.455 e. The molecule has 3 aliphatic rings. The van der Waals surface area contributed by atoms with E-state index < -0.39 is 52.1 Å². The van der Waals surface area contributed by atoms with Crippen LogP contribution in [-0.2, 0) is 21.4 Å². The summed E-state index contributed by atoms with van der Waals surface area (Å²) in [7, 11) is -2.44. The van der Waals surface area contributed by atoms with E-state index in [9.17, 15) is 55.0 Å². The number of phenols is 2. The van der Waals surface area contributed by atoms with E-state index in [1.54, 1.807) is 67.7 Å². The number of nitrogens with one attached hydrogen (secondary N) is 2. The number of hydrogen-bond acceptors (Lipinski definition) is 15. The number of phenolic OH excluding ortho intramolecular Hbond substituents is 2. The predicted molar refractivity (Wildman–Crippen MR) is 283 cm³/mol. The van der Waals surface area contributed by atoms with Gasteiger partial charge in [0.1, 0.15) is 22.9 Å². The van der Waals surface area contributed by atoms with E-state index in [4.69, 9.17) is 4.74 Å². The van der Waals surface area contributed by atoms with E-state index in [1.165, 1.54) is 24.2 Å². The highest BCUT2D eigenvalue weighted by Gasteiger charge is 2.57. The number of alkyl halides is 5. The second-order valence-electron chi connectivity index (χ2n) is 19.7. The van der Waals surface area contributed by atoms with Crippen LogP contribution in [0, 0.1) is 5.92 Å². The number of aromatic hydroxyl groups is 2. The van der Waals surface area contributed by atoms with Gasteiger partial charge in [-0.15, -0.1) is 10.2 Å². The molecule has 6 aromatic rings. The molecule has 2 saturated heterocycles. The summed E-state index contributed by atoms with van der Waals surface area (Å²) in [4.78, 5) is 57.2. The van der Waals surface area contributed by atoms with Crippen LogP contribution in [0.4, 0.5) is 56.5 Å². The summed E-state index contributed by atoms with van der Waals surface area (Å²) >= 11 is 0. The molecule has 418 valence electrons. The molecule has 9 rings (SSSR count). The zero-order chi connectivity index (χ0) is 56.7. The number of hydrogen-bond donors (Lipinski definition) is 4. The summed E-state index contributed by atoms with van der Waals surface area (Å²) in [6, 6.07) is 21.2. The minimum atomic E-state index is -5.92. The lowest BCUT2D eigenvalue weighted by Crippen LogP contribution is -2.51. The number of fused-ring (bicyclic) bond motifs is 2. The van der Waals surface area contributed by atoms with Gasteiger partial charge in [0.25, 0.3) is 11.8 Å². The maximum atomic E-state index is 13.9. The molecule has 0 aliphatic carbocycles. The Bertz CT molecular complexity index is 3400. The number of carbonyl (C=O) groups is 3. The minimum absolute atomic E-state index is 0.00338. The number of piperazine rings is 1. The van der Waals surface area contributed by atoms with Gasteiger partial charge in [-0.3, -0.25) is 23.9 Å². The molecule has 0 saturated carbocycles. The summed E-state index contributed by atoms with van der Waals surface area (Å²) in [6.45, 7) is 7.53. The van der Waals surface area contributed by atoms with Crippen molar-refractivity contribution in [3.63, 3.8) is 0 Å². The summed E-state index contributed by atoms with van der Waals surface area (Å²) in [5, 5.41) is 34.0. The van der Waals surface area contributed by atoms with E-state index >= 15 is 0 Å². The Balaban J connectivity index is 0.823. The van der Waals surface area contributed by atoms with Crippen molar-refractivity contribution in [3.05, 3.63) is 108 Å². The van der Waals surface area contributed by atoms with Gasteiger partial charge in [-0.25, -0.2) is 17.7 Å². The van der Waals surface area contributed by atoms with Crippen LogP contribution in [0.15, 0.2) is 85.1 Å². The van der Waals surface area contributed by atoms with Crippen LogP contribution >= 0.6 is 0 Å². The minimum Gasteiger partial charge on any atom is -0.508 e. The van der Waals surface area contributed by atoms with Gasteiger partial charge in [0.2, 0.25) is 27.7 Å². The van der Waals surface area contributed by atoms with Crippen molar-refractivity contribution in [1.29, 1.82) is 0 Å². The number of halogens is 5. The van der Waals surface area contributed by atoms with Gasteiger partial charge in [-0.1, -0.05) is 38.1 Å². The Morgan fingerprint density at radius 3 is 2.19 bits per heavy atom. The lowest BCUT2D eigenvalue weighted by Gasteiger charge is -2.39. The van der Waals surface area contributed by atoms with Crippen molar-refractivity contribution in [2.75, 3.05) is 85.1 Å². The van der Waals surface area contributed by atoms with Crippen LogP contribution < -0.4 is 29.5 Å². The summed E-state index contributed by atoms with van der Waals surface area (Å²) in [5.41, 5.74) is 3.41. The van der Waals surface area contributed by atoms with Crippen LogP contribution in [-0.4, -0.2) is 149 Å². The first-order valence-corrected chi connectivity index (χ1v) is 27.2. The molecule has 0 bridgehead atoms. The number of rotatable bonds is 15. The molecular formula is C53H57F5N12O8S. The van der Waals surface area contributed by atoms with Gasteiger partial charge in [0.15, 0.2) is 11.6 Å². The molecule has 20 nitrogen and oxygen atoms in total. The molecule has 4 aromatic carbocycles. The number of para-hydroxylation sites is 1. The first-order chi connectivity index (χ1) is 37.4. The van der Waals surface area contributed by atoms with E-state index in [0.29, 0.717) is 82.3 Å². The van der Waals surface area contributed by atoms with Gasteiger partial charge in [0.05, 0.1) is 48.1 Å². The Hall–Kier alpha value is -8.13.